The van der Waals surface area contributed by atoms with Crippen molar-refractivity contribution in [2.24, 2.45) is 0 Å². The molecule has 1 saturated heterocycles. The van der Waals surface area contributed by atoms with E-state index >= 15 is 0 Å². The molecule has 64 valence electrons. The van der Waals surface area contributed by atoms with Gasteiger partial charge in [-0.2, -0.15) is 0 Å². The first-order valence-corrected chi connectivity index (χ1v) is 3.22. The summed E-state index contributed by atoms with van der Waals surface area (Å²) < 4.78 is 4.38. The summed E-state index contributed by atoms with van der Waals surface area (Å²) in [5, 5.41) is 27.2. The van der Waals surface area contributed by atoms with Crippen molar-refractivity contribution in [3.63, 3.8) is 0 Å². The molecule has 0 aromatic carbocycles. The zero-order valence-electron chi connectivity index (χ0n) is 6.02. The van der Waals surface area contributed by atoms with Gasteiger partial charge in [0.25, 0.3) is 0 Å². The molecule has 5 heteroatoms. The van der Waals surface area contributed by atoms with E-state index in [-0.39, 0.29) is 6.61 Å². The van der Waals surface area contributed by atoms with Crippen LogP contribution in [0, 0.1) is 0 Å². The fourth-order valence-corrected chi connectivity index (χ4v) is 0.894. The van der Waals surface area contributed by atoms with Gasteiger partial charge in [-0.1, -0.05) is 0 Å². The highest BCUT2D eigenvalue weighted by atomic mass is 16.6. The molecule has 0 spiro atoms. The maximum absolute atomic E-state index is 10.7. The van der Waals surface area contributed by atoms with Crippen LogP contribution in [0.1, 0.15) is 6.92 Å². The van der Waals surface area contributed by atoms with Gasteiger partial charge in [0.15, 0.2) is 5.60 Å². The van der Waals surface area contributed by atoms with Gasteiger partial charge >= 0.3 is 5.97 Å². The van der Waals surface area contributed by atoms with Gasteiger partial charge in [0.2, 0.25) is 0 Å². The third kappa shape index (κ3) is 1.22. The number of aliphatic hydroxyl groups excluding tert-OH is 2. The predicted molar refractivity (Wildman–Crippen MR) is 33.6 cm³/mol. The summed E-state index contributed by atoms with van der Waals surface area (Å²) >= 11 is 0. The second kappa shape index (κ2) is 2.44. The number of carbonyl (C=O) groups is 1. The van der Waals surface area contributed by atoms with Gasteiger partial charge < -0.3 is 20.1 Å². The molecule has 0 saturated carbocycles. The van der Waals surface area contributed by atoms with Crippen LogP contribution in [0.25, 0.3) is 0 Å². The van der Waals surface area contributed by atoms with Crippen LogP contribution in [0.2, 0.25) is 0 Å². The third-order valence-electron chi connectivity index (χ3n) is 1.74. The Balaban J connectivity index is 2.80. The Morgan fingerprint density at radius 3 is 2.64 bits per heavy atom. The van der Waals surface area contributed by atoms with Crippen LogP contribution in [0.5, 0.6) is 0 Å². The van der Waals surface area contributed by atoms with E-state index in [0.717, 1.165) is 6.92 Å². The first-order valence-electron chi connectivity index (χ1n) is 3.22. The highest BCUT2D eigenvalue weighted by molar-refractivity contribution is 5.80. The molecule has 0 aromatic rings. The van der Waals surface area contributed by atoms with Gasteiger partial charge in [0, 0.05) is 0 Å². The minimum absolute atomic E-state index is 0.268. The van der Waals surface area contributed by atoms with Crippen LogP contribution < -0.4 is 0 Å². The molecule has 1 aliphatic rings. The third-order valence-corrected chi connectivity index (χ3v) is 1.74. The first-order chi connectivity index (χ1) is 4.96. The minimum atomic E-state index is -1.99. The number of cyclic esters (lactones) is 1. The van der Waals surface area contributed by atoms with Crippen LogP contribution in [-0.4, -0.2) is 45.7 Å². The SMILES string of the molecule is C[C@]1(O)C(=O)OC[C@@H](O)[C@H]1O. The molecule has 0 bridgehead atoms. The van der Waals surface area contributed by atoms with Gasteiger partial charge in [-0.3, -0.25) is 0 Å². The number of hydrogen-bond donors (Lipinski definition) is 3. The lowest BCUT2D eigenvalue weighted by Gasteiger charge is -2.34. The van der Waals surface area contributed by atoms with Crippen molar-refractivity contribution in [3.05, 3.63) is 0 Å². The van der Waals surface area contributed by atoms with Gasteiger partial charge in [-0.25, -0.2) is 4.79 Å². The quantitative estimate of drug-likeness (QED) is 0.359. The van der Waals surface area contributed by atoms with Gasteiger partial charge in [-0.15, -0.1) is 0 Å². The van der Waals surface area contributed by atoms with E-state index in [9.17, 15) is 9.90 Å². The fraction of sp³-hybridized carbons (Fsp3) is 0.833. The van der Waals surface area contributed by atoms with Crippen molar-refractivity contribution in [2.45, 2.75) is 24.7 Å². The summed E-state index contributed by atoms with van der Waals surface area (Å²) in [5.41, 5.74) is -1.99. The maximum atomic E-state index is 10.7. The van der Waals surface area contributed by atoms with Crippen LogP contribution >= 0.6 is 0 Å². The lowest BCUT2D eigenvalue weighted by molar-refractivity contribution is -0.208. The van der Waals surface area contributed by atoms with E-state index < -0.39 is 23.8 Å². The molecule has 1 fully saturated rings. The molecule has 3 N–H and O–H groups in total. The topological polar surface area (TPSA) is 87.0 Å². The lowest BCUT2D eigenvalue weighted by Crippen LogP contribution is -2.58. The van der Waals surface area contributed by atoms with Crippen LogP contribution in [0.15, 0.2) is 0 Å². The monoisotopic (exact) mass is 162 g/mol. The zero-order chi connectivity index (χ0) is 8.65. The Morgan fingerprint density at radius 1 is 1.64 bits per heavy atom. The predicted octanol–water partition coefficient (Wildman–Crippen LogP) is -1.98. The molecule has 1 rings (SSSR count). The summed E-state index contributed by atoms with van der Waals surface area (Å²) in [5.74, 6) is -0.907. The van der Waals surface area contributed by atoms with E-state index in [2.05, 4.69) is 4.74 Å². The fourth-order valence-electron chi connectivity index (χ4n) is 0.894. The van der Waals surface area contributed by atoms with E-state index in [0.29, 0.717) is 0 Å². The average Bonchev–Trinajstić information content (AvgIpc) is 1.95. The number of hydrogen-bond acceptors (Lipinski definition) is 5. The molecule has 0 unspecified atom stereocenters. The van der Waals surface area contributed by atoms with E-state index in [4.69, 9.17) is 10.2 Å². The second-order valence-electron chi connectivity index (χ2n) is 2.76. The Hall–Kier alpha value is -0.650. The maximum Gasteiger partial charge on any atom is 0.340 e. The number of ether oxygens (including phenoxy) is 1. The van der Waals surface area contributed by atoms with Crippen molar-refractivity contribution < 1.29 is 24.9 Å². The van der Waals surface area contributed by atoms with Crippen LogP contribution in [0.3, 0.4) is 0 Å². The van der Waals surface area contributed by atoms with Crippen molar-refractivity contribution in [1.82, 2.24) is 0 Å². The van der Waals surface area contributed by atoms with Crippen LogP contribution in [-0.2, 0) is 9.53 Å². The number of carbonyl (C=O) groups excluding carboxylic acids is 1. The normalized spacial score (nSPS) is 45.3. The van der Waals surface area contributed by atoms with E-state index in [1.54, 1.807) is 0 Å². The molecule has 0 amide bonds. The summed E-state index contributed by atoms with van der Waals surface area (Å²) in [6.45, 7) is 0.832. The number of esters is 1. The second-order valence-corrected chi connectivity index (χ2v) is 2.76. The molecule has 1 aliphatic heterocycles. The minimum Gasteiger partial charge on any atom is -0.461 e. The zero-order valence-corrected chi connectivity index (χ0v) is 6.02. The van der Waals surface area contributed by atoms with Crippen LogP contribution in [0.4, 0.5) is 0 Å². The van der Waals surface area contributed by atoms with E-state index in [1.165, 1.54) is 0 Å². The van der Waals surface area contributed by atoms with Crippen molar-refractivity contribution >= 4 is 5.97 Å². The van der Waals surface area contributed by atoms with E-state index in [1.807, 2.05) is 0 Å². The average molecular weight is 162 g/mol. The molecule has 11 heavy (non-hydrogen) atoms. The molecule has 5 nitrogen and oxygen atoms in total. The Morgan fingerprint density at radius 2 is 2.18 bits per heavy atom. The number of aliphatic hydroxyl groups is 3. The summed E-state index contributed by atoms with van der Waals surface area (Å²) in [4.78, 5) is 10.7. The summed E-state index contributed by atoms with van der Waals surface area (Å²) in [6.07, 6.45) is -2.67. The molecular weight excluding hydrogens is 152 g/mol. The smallest absolute Gasteiger partial charge is 0.340 e. The summed E-state index contributed by atoms with van der Waals surface area (Å²) in [7, 11) is 0. The van der Waals surface area contributed by atoms with Gasteiger partial charge in [0.1, 0.15) is 18.8 Å². The van der Waals surface area contributed by atoms with Crippen molar-refractivity contribution in [1.29, 1.82) is 0 Å². The first kappa shape index (κ1) is 8.45. The Bertz CT molecular complexity index is 176. The molecule has 1 heterocycles. The van der Waals surface area contributed by atoms with Gasteiger partial charge in [-0.05, 0) is 6.92 Å². The molecule has 3 atom stereocenters. The molecule has 0 aromatic heterocycles. The summed E-state index contributed by atoms with van der Waals surface area (Å²) in [6, 6.07) is 0. The highest BCUT2D eigenvalue weighted by Crippen LogP contribution is 2.20. The Kier molecular flexibility index (Phi) is 1.87. The lowest BCUT2D eigenvalue weighted by atomic mass is 9.93. The number of rotatable bonds is 0. The van der Waals surface area contributed by atoms with Crippen molar-refractivity contribution in [3.8, 4) is 0 Å². The molecular formula is C6H10O5. The highest BCUT2D eigenvalue weighted by Gasteiger charge is 2.47. The molecule has 0 aliphatic carbocycles. The van der Waals surface area contributed by atoms with Crippen molar-refractivity contribution in [2.75, 3.05) is 6.61 Å². The largest absolute Gasteiger partial charge is 0.461 e. The Labute approximate surface area is 63.2 Å². The standard InChI is InChI=1S/C6H10O5/c1-6(10)4(8)3(7)2-11-5(6)9/h3-4,7-8,10H,2H2,1H3/t3-,4-,6-/m1/s1. The van der Waals surface area contributed by atoms with Gasteiger partial charge in [0.05, 0.1) is 0 Å². The molecule has 0 radical (unpaired) electrons.